The fraction of sp³-hybridized carbons (Fsp3) is 0.647. The van der Waals surface area contributed by atoms with Crippen LogP contribution in [0.25, 0.3) is 0 Å². The topological polar surface area (TPSA) is 12.5 Å². The summed E-state index contributed by atoms with van der Waals surface area (Å²) in [6.07, 6.45) is 5.39. The van der Waals surface area contributed by atoms with Crippen molar-refractivity contribution in [2.45, 2.75) is 57.2 Å². The van der Waals surface area contributed by atoms with Crippen LogP contribution in [-0.4, -0.2) is 30.7 Å². The van der Waals surface area contributed by atoms with Crippen molar-refractivity contribution in [3.63, 3.8) is 0 Å². The minimum atomic E-state index is 0.219. The van der Waals surface area contributed by atoms with Crippen molar-refractivity contribution in [1.29, 1.82) is 0 Å². The number of nitrogens with zero attached hydrogens (tertiary/aromatic N) is 1. The summed E-state index contributed by atoms with van der Waals surface area (Å²) in [5.41, 5.74) is 3.04. The highest BCUT2D eigenvalue weighted by atomic mass is 16.5. The first-order valence-corrected chi connectivity index (χ1v) is 7.57. The summed E-state index contributed by atoms with van der Waals surface area (Å²) in [7, 11) is 2.31. The molecule has 3 atom stereocenters. The average molecular weight is 259 g/mol. The fourth-order valence-corrected chi connectivity index (χ4v) is 4.10. The van der Waals surface area contributed by atoms with Crippen LogP contribution in [0.1, 0.15) is 43.7 Å². The van der Waals surface area contributed by atoms with Crippen LogP contribution in [-0.2, 0) is 10.3 Å². The second-order valence-corrected chi connectivity index (χ2v) is 6.22. The van der Waals surface area contributed by atoms with E-state index in [1.54, 1.807) is 0 Å². The largest absolute Gasteiger partial charge is 0.378 e. The van der Waals surface area contributed by atoms with Gasteiger partial charge in [0.25, 0.3) is 0 Å². The number of hydrogen-bond acceptors (Lipinski definition) is 2. The Morgan fingerprint density at radius 2 is 2.05 bits per heavy atom. The molecule has 2 aliphatic rings. The highest BCUT2D eigenvalue weighted by Gasteiger charge is 2.50. The molecule has 2 heterocycles. The molecule has 104 valence electrons. The van der Waals surface area contributed by atoms with E-state index in [0.717, 1.165) is 13.0 Å². The lowest BCUT2D eigenvalue weighted by Crippen LogP contribution is -2.50. The number of ether oxygens (including phenoxy) is 1. The molecule has 2 aliphatic heterocycles. The van der Waals surface area contributed by atoms with E-state index in [4.69, 9.17) is 4.74 Å². The van der Waals surface area contributed by atoms with Crippen molar-refractivity contribution in [2.24, 2.45) is 0 Å². The van der Waals surface area contributed by atoms with Gasteiger partial charge in [-0.2, -0.15) is 0 Å². The van der Waals surface area contributed by atoms with E-state index in [-0.39, 0.29) is 5.54 Å². The molecule has 3 rings (SSSR count). The number of hydrogen-bond donors (Lipinski definition) is 0. The molecule has 0 aromatic heterocycles. The van der Waals surface area contributed by atoms with Gasteiger partial charge in [0.15, 0.2) is 0 Å². The third-order valence-corrected chi connectivity index (χ3v) is 5.21. The summed E-state index contributed by atoms with van der Waals surface area (Å²) in [5.74, 6) is 0. The van der Waals surface area contributed by atoms with Crippen molar-refractivity contribution in [3.05, 3.63) is 35.4 Å². The number of rotatable bonds is 3. The van der Waals surface area contributed by atoms with Crippen LogP contribution in [0, 0.1) is 6.92 Å². The normalized spacial score (nSPS) is 34.7. The van der Waals surface area contributed by atoms with Gasteiger partial charge in [0.05, 0.1) is 6.10 Å². The second-order valence-electron chi connectivity index (χ2n) is 6.22. The quantitative estimate of drug-likeness (QED) is 0.824. The van der Waals surface area contributed by atoms with Gasteiger partial charge < -0.3 is 4.74 Å². The summed E-state index contributed by atoms with van der Waals surface area (Å²) >= 11 is 0. The highest BCUT2D eigenvalue weighted by Crippen LogP contribution is 2.50. The van der Waals surface area contributed by atoms with E-state index in [1.165, 1.54) is 30.4 Å². The van der Waals surface area contributed by atoms with E-state index < -0.39 is 0 Å². The molecule has 0 aliphatic carbocycles. The first-order valence-electron chi connectivity index (χ1n) is 7.57. The van der Waals surface area contributed by atoms with E-state index in [2.05, 4.69) is 50.1 Å². The SMILES string of the molecule is CCOC1CC2CCC(c3ccc(C)cc3)(C1)N2C. The van der Waals surface area contributed by atoms with Crippen LogP contribution >= 0.6 is 0 Å². The van der Waals surface area contributed by atoms with E-state index in [1.807, 2.05) is 0 Å². The smallest absolute Gasteiger partial charge is 0.0610 e. The Labute approximate surface area is 116 Å². The molecule has 0 saturated carbocycles. The van der Waals surface area contributed by atoms with Crippen molar-refractivity contribution >= 4 is 0 Å². The maximum Gasteiger partial charge on any atom is 0.0610 e. The Hall–Kier alpha value is -0.860. The molecule has 0 amide bonds. The van der Waals surface area contributed by atoms with Crippen LogP contribution in [0.4, 0.5) is 0 Å². The second kappa shape index (κ2) is 4.92. The lowest BCUT2D eigenvalue weighted by atomic mass is 9.80. The molecule has 2 bridgehead atoms. The van der Waals surface area contributed by atoms with Gasteiger partial charge in [-0.1, -0.05) is 29.8 Å². The van der Waals surface area contributed by atoms with Gasteiger partial charge in [0, 0.05) is 18.2 Å². The van der Waals surface area contributed by atoms with Crippen LogP contribution < -0.4 is 0 Å². The van der Waals surface area contributed by atoms with Gasteiger partial charge in [-0.3, -0.25) is 4.90 Å². The number of benzene rings is 1. The number of piperidine rings is 1. The Morgan fingerprint density at radius 3 is 2.74 bits per heavy atom. The molecule has 2 saturated heterocycles. The first-order chi connectivity index (χ1) is 9.15. The lowest BCUT2D eigenvalue weighted by molar-refractivity contribution is -0.0444. The average Bonchev–Trinajstić information content (AvgIpc) is 2.61. The maximum absolute atomic E-state index is 5.96. The molecule has 2 nitrogen and oxygen atoms in total. The molecule has 2 fully saturated rings. The fourth-order valence-electron chi connectivity index (χ4n) is 4.10. The van der Waals surface area contributed by atoms with Gasteiger partial charge in [-0.15, -0.1) is 0 Å². The minimum Gasteiger partial charge on any atom is -0.378 e. The predicted molar refractivity (Wildman–Crippen MR) is 78.3 cm³/mol. The van der Waals surface area contributed by atoms with Crippen LogP contribution in [0.2, 0.25) is 0 Å². The Kier molecular flexibility index (Phi) is 3.40. The van der Waals surface area contributed by atoms with E-state index in [9.17, 15) is 0 Å². The van der Waals surface area contributed by atoms with Crippen LogP contribution in [0.15, 0.2) is 24.3 Å². The Balaban J connectivity index is 1.93. The highest BCUT2D eigenvalue weighted by molar-refractivity contribution is 5.31. The minimum absolute atomic E-state index is 0.219. The zero-order valence-corrected chi connectivity index (χ0v) is 12.4. The summed E-state index contributed by atoms with van der Waals surface area (Å²) in [6.45, 7) is 5.11. The molecule has 0 spiro atoms. The first kappa shape index (κ1) is 13.1. The summed E-state index contributed by atoms with van der Waals surface area (Å²) in [5, 5.41) is 0. The number of fused-ring (bicyclic) bond motifs is 2. The van der Waals surface area contributed by atoms with Gasteiger partial charge in [-0.25, -0.2) is 0 Å². The predicted octanol–water partition coefficient (Wildman–Crippen LogP) is 3.48. The van der Waals surface area contributed by atoms with Crippen LogP contribution in [0.5, 0.6) is 0 Å². The molecule has 0 radical (unpaired) electrons. The molecule has 1 aromatic carbocycles. The van der Waals surface area contributed by atoms with Crippen LogP contribution in [0.3, 0.4) is 0 Å². The molecule has 0 N–H and O–H groups in total. The Morgan fingerprint density at radius 1 is 1.32 bits per heavy atom. The van der Waals surface area contributed by atoms with Gasteiger partial charge in [0.1, 0.15) is 0 Å². The molecular formula is C17H25NO. The zero-order valence-electron chi connectivity index (χ0n) is 12.4. The summed E-state index contributed by atoms with van der Waals surface area (Å²) < 4.78 is 5.96. The molecule has 19 heavy (non-hydrogen) atoms. The number of aryl methyl sites for hydroxylation is 1. The molecule has 1 aromatic rings. The zero-order chi connectivity index (χ0) is 13.5. The summed E-state index contributed by atoms with van der Waals surface area (Å²) in [6, 6.07) is 9.84. The van der Waals surface area contributed by atoms with Gasteiger partial charge in [0.2, 0.25) is 0 Å². The van der Waals surface area contributed by atoms with Crippen molar-refractivity contribution in [3.8, 4) is 0 Å². The van der Waals surface area contributed by atoms with Crippen molar-refractivity contribution < 1.29 is 4.74 Å². The Bertz CT molecular complexity index is 441. The lowest BCUT2D eigenvalue weighted by Gasteiger charge is -2.46. The third kappa shape index (κ3) is 2.11. The van der Waals surface area contributed by atoms with Gasteiger partial charge in [-0.05, 0) is 52.1 Å². The molecule has 2 heteroatoms. The van der Waals surface area contributed by atoms with E-state index >= 15 is 0 Å². The third-order valence-electron chi connectivity index (χ3n) is 5.21. The monoisotopic (exact) mass is 259 g/mol. The van der Waals surface area contributed by atoms with E-state index in [0.29, 0.717) is 12.1 Å². The standard InChI is InChI=1S/C17H25NO/c1-4-19-16-11-15-9-10-17(12-16,18(15)3)14-7-5-13(2)6-8-14/h5-8,15-16H,4,9-12H2,1-3H3. The maximum atomic E-state index is 5.96. The molecule has 3 unspecified atom stereocenters. The summed E-state index contributed by atoms with van der Waals surface area (Å²) in [4.78, 5) is 2.62. The van der Waals surface area contributed by atoms with Crippen molar-refractivity contribution in [2.75, 3.05) is 13.7 Å². The van der Waals surface area contributed by atoms with Gasteiger partial charge >= 0.3 is 0 Å². The molecular weight excluding hydrogens is 234 g/mol. The van der Waals surface area contributed by atoms with Crippen molar-refractivity contribution in [1.82, 2.24) is 4.90 Å².